The molecular formula is C25H23NO3. The molecule has 1 aliphatic heterocycles. The van der Waals surface area contributed by atoms with E-state index in [0.717, 1.165) is 23.2 Å². The van der Waals surface area contributed by atoms with Gasteiger partial charge in [-0.05, 0) is 48.2 Å². The largest absolute Gasteiger partial charge is 0.426 e. The van der Waals surface area contributed by atoms with Crippen LogP contribution in [0, 0.1) is 12.8 Å². The van der Waals surface area contributed by atoms with Gasteiger partial charge in [-0.15, -0.1) is 0 Å². The van der Waals surface area contributed by atoms with Crippen molar-refractivity contribution in [2.24, 2.45) is 5.92 Å². The molecule has 3 aromatic rings. The molecule has 0 spiro atoms. The van der Waals surface area contributed by atoms with E-state index >= 15 is 0 Å². The van der Waals surface area contributed by atoms with E-state index in [1.165, 1.54) is 5.56 Å². The van der Waals surface area contributed by atoms with Crippen molar-refractivity contribution in [3.8, 4) is 5.75 Å². The summed E-state index contributed by atoms with van der Waals surface area (Å²) in [6.45, 7) is 2.32. The van der Waals surface area contributed by atoms with Gasteiger partial charge in [0.05, 0.1) is 5.92 Å². The van der Waals surface area contributed by atoms with Crippen LogP contribution in [0.2, 0.25) is 0 Å². The van der Waals surface area contributed by atoms with Gasteiger partial charge in [-0.25, -0.2) is 0 Å². The smallest absolute Gasteiger partial charge is 0.316 e. The second kappa shape index (κ2) is 8.31. The first-order valence-electron chi connectivity index (χ1n) is 9.81. The third-order valence-electron chi connectivity index (χ3n) is 5.26. The average Bonchev–Trinajstić information content (AvgIpc) is 3.12. The Kier molecular flexibility index (Phi) is 5.43. The maximum Gasteiger partial charge on any atom is 0.316 e. The van der Waals surface area contributed by atoms with Crippen LogP contribution in [0.5, 0.6) is 5.75 Å². The molecule has 3 aromatic carbocycles. The third kappa shape index (κ3) is 4.37. The fourth-order valence-electron chi connectivity index (χ4n) is 3.67. The van der Waals surface area contributed by atoms with Crippen molar-refractivity contribution >= 4 is 17.6 Å². The lowest BCUT2D eigenvalue weighted by Gasteiger charge is -2.18. The van der Waals surface area contributed by atoms with Gasteiger partial charge in [0.15, 0.2) is 0 Å². The molecule has 4 rings (SSSR count). The summed E-state index contributed by atoms with van der Waals surface area (Å²) in [6, 6.07) is 25.5. The van der Waals surface area contributed by atoms with Gasteiger partial charge in [0.25, 0.3) is 0 Å². The van der Waals surface area contributed by atoms with Gasteiger partial charge in [-0.3, -0.25) is 9.59 Å². The molecule has 0 aromatic heterocycles. The standard InChI is InChI=1S/C25H23NO3/c1-18-7-5-6-10-23(18)26-17-21(16-24(26)27)25(28)29-22-13-11-20(12-14-22)15-19-8-3-2-4-9-19/h2-14,21H,15-17H2,1H3/t21-/m1/s1. The van der Waals surface area contributed by atoms with Crippen molar-refractivity contribution in [2.45, 2.75) is 19.8 Å². The first kappa shape index (κ1) is 18.9. The summed E-state index contributed by atoms with van der Waals surface area (Å²) in [5, 5.41) is 0. The Balaban J connectivity index is 1.38. The van der Waals surface area contributed by atoms with E-state index in [4.69, 9.17) is 4.74 Å². The maximum absolute atomic E-state index is 12.6. The number of para-hydroxylation sites is 1. The number of hydrogen-bond acceptors (Lipinski definition) is 3. The topological polar surface area (TPSA) is 46.6 Å². The molecule has 1 saturated heterocycles. The molecule has 29 heavy (non-hydrogen) atoms. The SMILES string of the molecule is Cc1ccccc1N1C[C@H](C(=O)Oc2ccc(Cc3ccccc3)cc2)CC1=O. The van der Waals surface area contributed by atoms with Crippen LogP contribution in [-0.2, 0) is 16.0 Å². The van der Waals surface area contributed by atoms with E-state index < -0.39 is 5.92 Å². The predicted octanol–water partition coefficient (Wildman–Crippen LogP) is 4.54. The number of ether oxygens (including phenoxy) is 1. The summed E-state index contributed by atoms with van der Waals surface area (Å²) in [5.74, 6) is -0.343. The number of carbonyl (C=O) groups is 2. The van der Waals surface area contributed by atoms with E-state index in [1.807, 2.05) is 73.7 Å². The van der Waals surface area contributed by atoms with Gasteiger partial charge in [0.1, 0.15) is 5.75 Å². The number of anilines is 1. The Morgan fingerprint density at radius 2 is 1.59 bits per heavy atom. The summed E-state index contributed by atoms with van der Waals surface area (Å²) in [7, 11) is 0. The molecule has 1 aliphatic rings. The number of aryl methyl sites for hydroxylation is 1. The molecule has 0 unspecified atom stereocenters. The maximum atomic E-state index is 12.6. The first-order valence-corrected chi connectivity index (χ1v) is 9.81. The predicted molar refractivity (Wildman–Crippen MR) is 113 cm³/mol. The molecule has 1 amide bonds. The summed E-state index contributed by atoms with van der Waals surface area (Å²) in [5.41, 5.74) is 4.26. The Hall–Kier alpha value is -3.40. The molecule has 1 heterocycles. The van der Waals surface area contributed by atoms with Crippen molar-refractivity contribution in [1.29, 1.82) is 0 Å². The van der Waals surface area contributed by atoms with Crippen LogP contribution in [-0.4, -0.2) is 18.4 Å². The monoisotopic (exact) mass is 385 g/mol. The zero-order valence-electron chi connectivity index (χ0n) is 16.4. The second-order valence-corrected chi connectivity index (χ2v) is 7.42. The second-order valence-electron chi connectivity index (χ2n) is 7.42. The summed E-state index contributed by atoms with van der Waals surface area (Å²) in [4.78, 5) is 26.7. The quantitative estimate of drug-likeness (QED) is 0.478. The molecule has 0 N–H and O–H groups in total. The number of hydrogen-bond donors (Lipinski definition) is 0. The first-order chi connectivity index (χ1) is 14.1. The van der Waals surface area contributed by atoms with Gasteiger partial charge in [0, 0.05) is 18.7 Å². The number of esters is 1. The highest BCUT2D eigenvalue weighted by Crippen LogP contribution is 2.28. The minimum Gasteiger partial charge on any atom is -0.426 e. The minimum atomic E-state index is -0.453. The zero-order chi connectivity index (χ0) is 20.2. The van der Waals surface area contributed by atoms with Crippen molar-refractivity contribution in [2.75, 3.05) is 11.4 Å². The van der Waals surface area contributed by atoms with E-state index in [1.54, 1.807) is 4.90 Å². The van der Waals surface area contributed by atoms with Crippen LogP contribution < -0.4 is 9.64 Å². The van der Waals surface area contributed by atoms with Gasteiger partial charge >= 0.3 is 5.97 Å². The number of benzene rings is 3. The van der Waals surface area contributed by atoms with Crippen molar-refractivity contribution < 1.29 is 14.3 Å². The van der Waals surface area contributed by atoms with E-state index in [0.29, 0.717) is 12.3 Å². The van der Waals surface area contributed by atoms with Crippen molar-refractivity contribution in [3.63, 3.8) is 0 Å². The molecule has 1 atom stereocenters. The van der Waals surface area contributed by atoms with Gasteiger partial charge < -0.3 is 9.64 Å². The molecule has 0 saturated carbocycles. The van der Waals surface area contributed by atoms with Crippen LogP contribution in [0.1, 0.15) is 23.1 Å². The molecular weight excluding hydrogens is 362 g/mol. The zero-order valence-corrected chi connectivity index (χ0v) is 16.4. The lowest BCUT2D eigenvalue weighted by atomic mass is 10.1. The number of carbonyl (C=O) groups excluding carboxylic acids is 2. The normalized spacial score (nSPS) is 16.1. The molecule has 4 heteroatoms. The van der Waals surface area contributed by atoms with Crippen molar-refractivity contribution in [3.05, 3.63) is 95.6 Å². The fourth-order valence-corrected chi connectivity index (χ4v) is 3.67. The van der Waals surface area contributed by atoms with Crippen LogP contribution in [0.3, 0.4) is 0 Å². The molecule has 4 nitrogen and oxygen atoms in total. The van der Waals surface area contributed by atoms with E-state index in [-0.39, 0.29) is 18.3 Å². The van der Waals surface area contributed by atoms with E-state index in [9.17, 15) is 9.59 Å². The molecule has 0 radical (unpaired) electrons. The molecule has 1 fully saturated rings. The number of amides is 1. The highest BCUT2D eigenvalue weighted by atomic mass is 16.5. The lowest BCUT2D eigenvalue weighted by Crippen LogP contribution is -2.27. The third-order valence-corrected chi connectivity index (χ3v) is 5.26. The Morgan fingerprint density at radius 1 is 0.931 bits per heavy atom. The highest BCUT2D eigenvalue weighted by molar-refractivity contribution is 6.00. The Bertz CT molecular complexity index is 1010. The van der Waals surface area contributed by atoms with Gasteiger partial charge in [-0.1, -0.05) is 60.7 Å². The lowest BCUT2D eigenvalue weighted by molar-refractivity contribution is -0.139. The molecule has 146 valence electrons. The van der Waals surface area contributed by atoms with Crippen LogP contribution in [0.15, 0.2) is 78.9 Å². The van der Waals surface area contributed by atoms with Crippen LogP contribution in [0.4, 0.5) is 5.69 Å². The van der Waals surface area contributed by atoms with Crippen LogP contribution in [0.25, 0.3) is 0 Å². The fraction of sp³-hybridized carbons (Fsp3) is 0.200. The highest BCUT2D eigenvalue weighted by Gasteiger charge is 2.36. The summed E-state index contributed by atoms with van der Waals surface area (Å²) in [6.07, 6.45) is 1.01. The van der Waals surface area contributed by atoms with Crippen LogP contribution >= 0.6 is 0 Å². The average molecular weight is 385 g/mol. The number of nitrogens with zero attached hydrogens (tertiary/aromatic N) is 1. The Morgan fingerprint density at radius 3 is 2.31 bits per heavy atom. The van der Waals surface area contributed by atoms with Gasteiger partial charge in [-0.2, -0.15) is 0 Å². The minimum absolute atomic E-state index is 0.0422. The summed E-state index contributed by atoms with van der Waals surface area (Å²) >= 11 is 0. The van der Waals surface area contributed by atoms with Crippen molar-refractivity contribution in [1.82, 2.24) is 0 Å². The van der Waals surface area contributed by atoms with Gasteiger partial charge in [0.2, 0.25) is 5.91 Å². The number of rotatable bonds is 5. The summed E-state index contributed by atoms with van der Waals surface area (Å²) < 4.78 is 5.55. The van der Waals surface area contributed by atoms with E-state index in [2.05, 4.69) is 12.1 Å². The Labute approximate surface area is 170 Å². The molecule has 0 bridgehead atoms. The molecule has 0 aliphatic carbocycles.